The summed E-state index contributed by atoms with van der Waals surface area (Å²) in [7, 11) is 0. The van der Waals surface area contributed by atoms with Crippen LogP contribution < -0.4 is 32.3 Å². The Labute approximate surface area is 376 Å². The number of nitrogens with two attached hydrogens (primary N) is 1. The molecule has 0 unspecified atom stereocenters. The minimum atomic E-state index is -1.54. The van der Waals surface area contributed by atoms with Crippen molar-refractivity contribution >= 4 is 47.4 Å². The Bertz CT molecular complexity index is 2140. The zero-order valence-electron chi connectivity index (χ0n) is 36.6. The Morgan fingerprint density at radius 1 is 0.631 bits per heavy atom. The third kappa shape index (κ3) is 15.9. The van der Waals surface area contributed by atoms with Crippen molar-refractivity contribution in [3.63, 3.8) is 0 Å². The molecular formula is C46H59N7O12. The van der Waals surface area contributed by atoms with Crippen LogP contribution in [-0.4, -0.2) is 122 Å². The highest BCUT2D eigenvalue weighted by Gasteiger charge is 2.40. The van der Waals surface area contributed by atoms with Gasteiger partial charge in [-0.15, -0.1) is 0 Å². The molecule has 19 nitrogen and oxygen atoms in total. The molecule has 0 radical (unpaired) electrons. The summed E-state index contributed by atoms with van der Waals surface area (Å²) in [6.45, 7) is 5.29. The maximum atomic E-state index is 14.5. The van der Waals surface area contributed by atoms with Gasteiger partial charge >= 0.3 is 11.9 Å². The van der Waals surface area contributed by atoms with E-state index in [9.17, 15) is 53.7 Å². The molecule has 1 aliphatic rings. The van der Waals surface area contributed by atoms with Crippen LogP contribution in [-0.2, 0) is 57.6 Å². The average Bonchev–Trinajstić information content (AvgIpc) is 3.76. The number of carboxylic acid groups (broad SMARTS) is 2. The normalized spacial score (nSPS) is 16.2. The van der Waals surface area contributed by atoms with E-state index in [4.69, 9.17) is 10.8 Å². The van der Waals surface area contributed by atoms with E-state index in [1.54, 1.807) is 42.5 Å². The van der Waals surface area contributed by atoms with E-state index in [0.717, 1.165) is 0 Å². The second-order valence-corrected chi connectivity index (χ2v) is 16.6. The van der Waals surface area contributed by atoms with Gasteiger partial charge in [-0.2, -0.15) is 0 Å². The van der Waals surface area contributed by atoms with Crippen LogP contribution >= 0.6 is 0 Å². The molecule has 0 saturated carbocycles. The first-order valence-electron chi connectivity index (χ1n) is 21.4. The van der Waals surface area contributed by atoms with Crippen molar-refractivity contribution in [3.8, 4) is 11.5 Å². The standard InChI is InChI=1S/C46H59N7O12/c1-26(2)22-33(47)41(59)48-27(3)40(58)50-35(24-29-11-15-31(54)16-12-29)42(60)51-36(23-28-8-5-4-6-9-28)43(61)52-37(25-30-13-17-32(55)18-14-30)45(63)53-21-7-10-38(53)44(62)49-34(46(64)65)19-20-39(56)57/h4-6,8-9,11-18,26-27,33-38,54-55H,7,10,19-25,47H2,1-3H3,(H,48,59)(H,49,62)(H,50,58)(H,51,60)(H,52,61)(H,56,57)(H,64,65)/t27-,33-,34-,35-,36-,37-,38-/m0/s1. The lowest BCUT2D eigenvalue weighted by Gasteiger charge is -2.31. The summed E-state index contributed by atoms with van der Waals surface area (Å²) in [5.74, 6) is -7.10. The summed E-state index contributed by atoms with van der Waals surface area (Å²) < 4.78 is 0. The number of aromatic hydroxyl groups is 2. The molecule has 6 amide bonds. The number of benzene rings is 3. The van der Waals surface area contributed by atoms with E-state index in [1.165, 1.54) is 48.2 Å². The van der Waals surface area contributed by atoms with Crippen LogP contribution in [0.15, 0.2) is 78.9 Å². The van der Waals surface area contributed by atoms with Crippen molar-refractivity contribution in [2.45, 2.75) is 114 Å². The quantitative estimate of drug-likeness (QED) is 0.0633. The molecule has 0 aliphatic carbocycles. The molecule has 1 aliphatic heterocycles. The lowest BCUT2D eigenvalue weighted by molar-refractivity contribution is -0.145. The summed E-state index contributed by atoms with van der Waals surface area (Å²) in [6.07, 6.45) is -0.377. The summed E-state index contributed by atoms with van der Waals surface area (Å²) in [6, 6.07) is 11.7. The van der Waals surface area contributed by atoms with Crippen molar-refractivity contribution in [2.24, 2.45) is 11.7 Å². The monoisotopic (exact) mass is 901 g/mol. The number of carbonyl (C=O) groups excluding carboxylic acids is 6. The van der Waals surface area contributed by atoms with E-state index in [2.05, 4.69) is 26.6 Å². The molecule has 3 aromatic rings. The number of hydrogen-bond acceptors (Lipinski definition) is 11. The molecule has 19 heteroatoms. The SMILES string of the molecule is CC(C)C[C@H](N)C(=O)N[C@@H](C)C(=O)N[C@@H](Cc1ccc(O)cc1)C(=O)N[C@@H](Cc1ccccc1)C(=O)N[C@@H](Cc1ccc(O)cc1)C(=O)N1CCC[C@H]1C(=O)N[C@@H](CCC(=O)O)C(=O)O. The topological polar surface area (TPSA) is 307 Å². The summed E-state index contributed by atoms with van der Waals surface area (Å²) >= 11 is 0. The Kier molecular flexibility index (Phi) is 18.8. The number of hydrogen-bond donors (Lipinski definition) is 10. The average molecular weight is 902 g/mol. The van der Waals surface area contributed by atoms with Gasteiger partial charge in [0.25, 0.3) is 0 Å². The largest absolute Gasteiger partial charge is 0.508 e. The molecule has 3 aromatic carbocycles. The smallest absolute Gasteiger partial charge is 0.326 e. The first kappa shape index (κ1) is 50.6. The first-order valence-corrected chi connectivity index (χ1v) is 21.4. The molecule has 11 N–H and O–H groups in total. The first-order chi connectivity index (χ1) is 30.8. The molecular weight excluding hydrogens is 843 g/mol. The number of nitrogens with one attached hydrogen (secondary N) is 5. The van der Waals surface area contributed by atoms with Crippen molar-refractivity contribution in [3.05, 3.63) is 95.6 Å². The number of aliphatic carboxylic acids is 2. The van der Waals surface area contributed by atoms with Crippen molar-refractivity contribution in [1.82, 2.24) is 31.5 Å². The van der Waals surface area contributed by atoms with Crippen LogP contribution in [0.3, 0.4) is 0 Å². The second-order valence-electron chi connectivity index (χ2n) is 16.6. The number of carboxylic acids is 2. The number of phenols is 2. The second kappa shape index (κ2) is 24.2. The van der Waals surface area contributed by atoms with Crippen LogP contribution in [0.25, 0.3) is 0 Å². The van der Waals surface area contributed by atoms with Gasteiger partial charge in [0.1, 0.15) is 47.8 Å². The third-order valence-corrected chi connectivity index (χ3v) is 10.8. The number of amides is 6. The predicted molar refractivity (Wildman–Crippen MR) is 236 cm³/mol. The van der Waals surface area contributed by atoms with Crippen LogP contribution in [0.4, 0.5) is 0 Å². The number of phenolic OH excluding ortho intramolecular Hbond substituents is 2. The van der Waals surface area contributed by atoms with Crippen LogP contribution in [0.5, 0.6) is 11.5 Å². The maximum Gasteiger partial charge on any atom is 0.326 e. The molecule has 4 rings (SSSR count). The highest BCUT2D eigenvalue weighted by atomic mass is 16.4. The molecule has 350 valence electrons. The third-order valence-electron chi connectivity index (χ3n) is 10.8. The van der Waals surface area contributed by atoms with Crippen molar-refractivity contribution in [2.75, 3.05) is 6.54 Å². The summed E-state index contributed by atoms with van der Waals surface area (Å²) in [5, 5.41) is 51.7. The molecule has 1 heterocycles. The molecule has 1 fully saturated rings. The molecule has 1 saturated heterocycles. The van der Waals surface area contributed by atoms with Gasteiger partial charge in [0.2, 0.25) is 35.4 Å². The molecule has 0 spiro atoms. The van der Waals surface area contributed by atoms with Gasteiger partial charge in [-0.3, -0.25) is 33.6 Å². The van der Waals surface area contributed by atoms with Crippen LogP contribution in [0.1, 0.15) is 69.6 Å². The Morgan fingerprint density at radius 2 is 1.12 bits per heavy atom. The van der Waals surface area contributed by atoms with E-state index >= 15 is 0 Å². The number of nitrogens with zero attached hydrogens (tertiary/aromatic N) is 1. The van der Waals surface area contributed by atoms with E-state index < -0.39 is 103 Å². The summed E-state index contributed by atoms with van der Waals surface area (Å²) in [5.41, 5.74) is 7.68. The van der Waals surface area contributed by atoms with Gasteiger partial charge in [0.15, 0.2) is 0 Å². The molecule has 0 bridgehead atoms. The minimum absolute atomic E-state index is 0.0371. The highest BCUT2D eigenvalue weighted by molar-refractivity contribution is 5.97. The van der Waals surface area contributed by atoms with E-state index in [1.807, 2.05) is 13.8 Å². The van der Waals surface area contributed by atoms with Crippen LogP contribution in [0, 0.1) is 5.92 Å². The van der Waals surface area contributed by atoms with Gasteiger partial charge in [-0.25, -0.2) is 4.79 Å². The zero-order valence-corrected chi connectivity index (χ0v) is 36.6. The fraction of sp³-hybridized carbons (Fsp3) is 0.435. The number of likely N-dealkylation sites (tertiary alicyclic amines) is 1. The summed E-state index contributed by atoms with van der Waals surface area (Å²) in [4.78, 5) is 107. The minimum Gasteiger partial charge on any atom is -0.508 e. The highest BCUT2D eigenvalue weighted by Crippen LogP contribution is 2.22. The van der Waals surface area contributed by atoms with E-state index in [0.29, 0.717) is 29.5 Å². The Hall–Kier alpha value is -7.02. The van der Waals surface area contributed by atoms with Gasteiger partial charge < -0.3 is 57.6 Å². The maximum absolute atomic E-state index is 14.5. The predicted octanol–water partition coefficient (Wildman–Crippen LogP) is 0.883. The lowest BCUT2D eigenvalue weighted by atomic mass is 10.0. The fourth-order valence-electron chi connectivity index (χ4n) is 7.34. The fourth-order valence-corrected chi connectivity index (χ4v) is 7.34. The van der Waals surface area contributed by atoms with Crippen molar-refractivity contribution < 1.29 is 58.8 Å². The van der Waals surface area contributed by atoms with Gasteiger partial charge in [0, 0.05) is 32.2 Å². The number of rotatable bonds is 23. The zero-order chi connectivity index (χ0) is 47.8. The molecule has 65 heavy (non-hydrogen) atoms. The lowest BCUT2D eigenvalue weighted by Crippen LogP contribution is -2.60. The molecule has 7 atom stereocenters. The van der Waals surface area contributed by atoms with Crippen LogP contribution in [0.2, 0.25) is 0 Å². The Balaban J connectivity index is 1.63. The van der Waals surface area contributed by atoms with Gasteiger partial charge in [0.05, 0.1) is 6.04 Å². The van der Waals surface area contributed by atoms with E-state index in [-0.39, 0.29) is 49.6 Å². The Morgan fingerprint density at radius 3 is 1.63 bits per heavy atom. The van der Waals surface area contributed by atoms with Gasteiger partial charge in [-0.1, -0.05) is 68.4 Å². The number of carbonyl (C=O) groups is 8. The van der Waals surface area contributed by atoms with Crippen molar-refractivity contribution in [1.29, 1.82) is 0 Å². The van der Waals surface area contributed by atoms with Gasteiger partial charge in [-0.05, 0) is 79.5 Å². The molecule has 0 aromatic heterocycles.